The van der Waals surface area contributed by atoms with Crippen LogP contribution >= 0.6 is 11.3 Å². The number of thiazole rings is 1. The highest BCUT2D eigenvalue weighted by Crippen LogP contribution is 2.33. The van der Waals surface area contributed by atoms with Crippen LogP contribution in [0, 0.1) is 27.7 Å². The third-order valence-electron chi connectivity index (χ3n) is 4.92. The molecule has 3 rings (SSSR count). The van der Waals surface area contributed by atoms with E-state index in [1.165, 1.54) is 11.3 Å². The molecule has 3 aromatic rings. The monoisotopic (exact) mass is 449 g/mol. The number of carbonyl (C=O) groups excluding carboxylic acids is 2. The van der Waals surface area contributed by atoms with Gasteiger partial charge in [-0.25, -0.2) is 4.98 Å². The van der Waals surface area contributed by atoms with Gasteiger partial charge in [0, 0.05) is 11.2 Å². The van der Waals surface area contributed by atoms with Crippen LogP contribution in [-0.2, 0) is 4.79 Å². The van der Waals surface area contributed by atoms with E-state index in [1.54, 1.807) is 4.90 Å². The van der Waals surface area contributed by atoms with Gasteiger partial charge in [-0.1, -0.05) is 36.4 Å². The van der Waals surface area contributed by atoms with Crippen LogP contribution in [0.4, 0.5) is 5.69 Å². The molecule has 0 saturated heterocycles. The lowest BCUT2D eigenvalue weighted by atomic mass is 9.99. The summed E-state index contributed by atoms with van der Waals surface area (Å²) in [7, 11) is 0. The Balaban J connectivity index is 2.24. The van der Waals surface area contributed by atoms with Gasteiger partial charge in [0.05, 0.1) is 10.7 Å². The van der Waals surface area contributed by atoms with Crippen molar-refractivity contribution in [2.24, 2.45) is 0 Å². The molecule has 168 valence electrons. The molecule has 5 nitrogen and oxygen atoms in total. The van der Waals surface area contributed by atoms with Crippen molar-refractivity contribution in [2.45, 2.75) is 60.0 Å². The Morgan fingerprint density at radius 1 is 0.969 bits per heavy atom. The minimum atomic E-state index is -0.828. The first kappa shape index (κ1) is 23.7. The van der Waals surface area contributed by atoms with E-state index in [1.807, 2.05) is 90.9 Å². The summed E-state index contributed by atoms with van der Waals surface area (Å²) in [6.45, 7) is 13.5. The average molecular weight is 450 g/mol. The van der Waals surface area contributed by atoms with Gasteiger partial charge in [0.15, 0.2) is 0 Å². The zero-order valence-electron chi connectivity index (χ0n) is 19.8. The largest absolute Gasteiger partial charge is 0.349 e. The Morgan fingerprint density at radius 2 is 1.56 bits per heavy atom. The summed E-state index contributed by atoms with van der Waals surface area (Å²) < 4.78 is 0. The van der Waals surface area contributed by atoms with Crippen LogP contribution in [0.25, 0.3) is 0 Å². The molecule has 0 aliphatic heterocycles. The van der Waals surface area contributed by atoms with Crippen LogP contribution in [0.2, 0.25) is 0 Å². The third-order valence-corrected chi connectivity index (χ3v) is 5.98. The zero-order valence-corrected chi connectivity index (χ0v) is 20.6. The van der Waals surface area contributed by atoms with Gasteiger partial charge in [-0.2, -0.15) is 0 Å². The fourth-order valence-electron chi connectivity index (χ4n) is 3.80. The highest BCUT2D eigenvalue weighted by molar-refractivity contribution is 7.13. The molecule has 6 heteroatoms. The van der Waals surface area contributed by atoms with Crippen LogP contribution in [0.5, 0.6) is 0 Å². The highest BCUT2D eigenvalue weighted by atomic mass is 32.1. The number of hydrogen-bond donors (Lipinski definition) is 1. The minimum Gasteiger partial charge on any atom is -0.349 e. The van der Waals surface area contributed by atoms with E-state index in [2.05, 4.69) is 16.4 Å². The predicted molar refractivity (Wildman–Crippen MR) is 131 cm³/mol. The molecular weight excluding hydrogens is 418 g/mol. The van der Waals surface area contributed by atoms with Crippen molar-refractivity contribution in [3.8, 4) is 0 Å². The Labute approximate surface area is 194 Å². The normalized spacial score (nSPS) is 12.3. The molecule has 2 amide bonds. The first-order valence-electron chi connectivity index (χ1n) is 10.7. The van der Waals surface area contributed by atoms with Crippen molar-refractivity contribution < 1.29 is 9.59 Å². The van der Waals surface area contributed by atoms with Crippen molar-refractivity contribution in [1.82, 2.24) is 10.3 Å². The van der Waals surface area contributed by atoms with E-state index < -0.39 is 11.6 Å². The molecule has 0 aliphatic carbocycles. The third kappa shape index (κ3) is 5.43. The van der Waals surface area contributed by atoms with E-state index in [9.17, 15) is 9.59 Å². The topological polar surface area (TPSA) is 62.3 Å². The fourth-order valence-corrected chi connectivity index (χ4v) is 4.66. The molecule has 2 aromatic carbocycles. The van der Waals surface area contributed by atoms with Gasteiger partial charge < -0.3 is 5.32 Å². The minimum absolute atomic E-state index is 0.226. The number of nitrogens with one attached hydrogen (secondary N) is 1. The quantitative estimate of drug-likeness (QED) is 0.545. The summed E-state index contributed by atoms with van der Waals surface area (Å²) in [5, 5.41) is 3.90. The number of rotatable bonds is 5. The second kappa shape index (κ2) is 9.25. The van der Waals surface area contributed by atoms with Gasteiger partial charge in [-0.3, -0.25) is 14.5 Å². The molecule has 1 atom stereocenters. The van der Waals surface area contributed by atoms with Crippen molar-refractivity contribution in [2.75, 3.05) is 4.90 Å². The molecule has 1 unspecified atom stereocenters. The zero-order chi connectivity index (χ0) is 23.6. The van der Waals surface area contributed by atoms with Crippen LogP contribution in [0.3, 0.4) is 0 Å². The molecule has 1 heterocycles. The Bertz CT molecular complexity index is 1110. The SMILES string of the molecule is Cc1cc(C)cc(N(C(=O)c2sc(C)nc2C)C(C(=O)NC(C)(C)C)c2ccccc2)c1. The van der Waals surface area contributed by atoms with Gasteiger partial charge >= 0.3 is 0 Å². The molecule has 1 N–H and O–H groups in total. The van der Waals surface area contributed by atoms with E-state index in [-0.39, 0.29) is 11.8 Å². The predicted octanol–water partition coefficient (Wildman–Crippen LogP) is 5.68. The summed E-state index contributed by atoms with van der Waals surface area (Å²) in [6.07, 6.45) is 0. The maximum Gasteiger partial charge on any atom is 0.271 e. The summed E-state index contributed by atoms with van der Waals surface area (Å²) >= 11 is 1.36. The molecular formula is C26H31N3O2S. The Hall–Kier alpha value is -2.99. The smallest absolute Gasteiger partial charge is 0.271 e. The maximum atomic E-state index is 14.0. The van der Waals surface area contributed by atoms with Gasteiger partial charge in [0.2, 0.25) is 5.91 Å². The fraction of sp³-hybridized carbons (Fsp3) is 0.346. The Morgan fingerprint density at radius 3 is 2.06 bits per heavy atom. The molecule has 0 fully saturated rings. The van der Waals surface area contributed by atoms with Gasteiger partial charge in [0.1, 0.15) is 10.9 Å². The van der Waals surface area contributed by atoms with Gasteiger partial charge in [-0.15, -0.1) is 11.3 Å². The number of anilines is 1. The summed E-state index contributed by atoms with van der Waals surface area (Å²) in [5.74, 6) is -0.453. The van der Waals surface area contributed by atoms with Crippen molar-refractivity contribution in [1.29, 1.82) is 0 Å². The first-order chi connectivity index (χ1) is 15.0. The number of carbonyl (C=O) groups is 2. The van der Waals surface area contributed by atoms with E-state index in [0.717, 1.165) is 21.7 Å². The first-order valence-corrected chi connectivity index (χ1v) is 11.5. The molecule has 0 saturated carbocycles. The van der Waals surface area contributed by atoms with Crippen LogP contribution in [-0.4, -0.2) is 22.3 Å². The standard InChI is InChI=1S/C26H31N3O2S/c1-16-13-17(2)15-21(14-16)29(25(31)23-18(3)27-19(4)32-23)22(20-11-9-8-10-12-20)24(30)28-26(5,6)7/h8-15,22H,1-7H3,(H,28,30). The van der Waals surface area contributed by atoms with Gasteiger partial charge in [0.25, 0.3) is 5.91 Å². The molecule has 32 heavy (non-hydrogen) atoms. The molecule has 1 aromatic heterocycles. The summed E-state index contributed by atoms with van der Waals surface area (Å²) in [4.78, 5) is 34.3. The molecule has 0 spiro atoms. The maximum absolute atomic E-state index is 14.0. The Kier molecular flexibility index (Phi) is 6.84. The average Bonchev–Trinajstić information content (AvgIpc) is 3.02. The lowest BCUT2D eigenvalue weighted by Crippen LogP contribution is -2.49. The highest BCUT2D eigenvalue weighted by Gasteiger charge is 2.36. The van der Waals surface area contributed by atoms with Crippen LogP contribution < -0.4 is 10.2 Å². The lowest BCUT2D eigenvalue weighted by Gasteiger charge is -2.34. The van der Waals surface area contributed by atoms with E-state index >= 15 is 0 Å². The van der Waals surface area contributed by atoms with E-state index in [0.29, 0.717) is 16.3 Å². The lowest BCUT2D eigenvalue weighted by molar-refractivity contribution is -0.123. The summed E-state index contributed by atoms with van der Waals surface area (Å²) in [6, 6.07) is 14.6. The number of aromatic nitrogens is 1. The molecule has 0 aliphatic rings. The van der Waals surface area contributed by atoms with E-state index in [4.69, 9.17) is 0 Å². The second-order valence-electron chi connectivity index (χ2n) is 9.22. The summed E-state index contributed by atoms with van der Waals surface area (Å²) in [5.41, 5.74) is 3.72. The van der Waals surface area contributed by atoms with Crippen molar-refractivity contribution >= 4 is 28.8 Å². The molecule has 0 bridgehead atoms. The number of aryl methyl sites for hydroxylation is 4. The number of hydrogen-bond acceptors (Lipinski definition) is 4. The van der Waals surface area contributed by atoms with Crippen molar-refractivity contribution in [3.63, 3.8) is 0 Å². The van der Waals surface area contributed by atoms with Gasteiger partial charge in [-0.05, 0) is 77.3 Å². The molecule has 0 radical (unpaired) electrons. The van der Waals surface area contributed by atoms with Crippen LogP contribution in [0.15, 0.2) is 48.5 Å². The number of nitrogens with zero attached hydrogens (tertiary/aromatic N) is 2. The van der Waals surface area contributed by atoms with Crippen molar-refractivity contribution in [3.05, 3.63) is 80.8 Å². The second-order valence-corrected chi connectivity index (χ2v) is 10.4. The number of benzene rings is 2. The van der Waals surface area contributed by atoms with Crippen LogP contribution in [0.1, 0.15) is 63.9 Å². The number of amides is 2.